The largest absolute Gasteiger partial charge is 0.497 e. The van der Waals surface area contributed by atoms with Gasteiger partial charge >= 0.3 is 5.97 Å². The molecule has 4 rings (SSSR count). The van der Waals surface area contributed by atoms with Crippen LogP contribution in [0.15, 0.2) is 42.5 Å². The number of benzene rings is 2. The number of anilines is 1. The van der Waals surface area contributed by atoms with E-state index in [2.05, 4.69) is 0 Å². The first kappa shape index (κ1) is 16.3. The molecule has 0 aromatic heterocycles. The third-order valence-electron chi connectivity index (χ3n) is 4.43. The maximum atomic E-state index is 12.6. The number of ether oxygens (including phenoxy) is 4. The molecule has 7 heteroatoms. The van der Waals surface area contributed by atoms with Crippen molar-refractivity contribution in [1.82, 2.24) is 0 Å². The maximum absolute atomic E-state index is 12.6. The second kappa shape index (κ2) is 6.25. The molecule has 7 nitrogen and oxygen atoms in total. The van der Waals surface area contributed by atoms with Crippen LogP contribution in [0.1, 0.15) is 18.5 Å². The highest BCUT2D eigenvalue weighted by Crippen LogP contribution is 2.44. The Hall–Kier alpha value is -3.22. The van der Waals surface area contributed by atoms with Crippen LogP contribution in [0.4, 0.5) is 5.69 Å². The van der Waals surface area contributed by atoms with E-state index in [0.29, 0.717) is 22.9 Å². The number of amides is 1. The summed E-state index contributed by atoms with van der Waals surface area (Å²) in [6, 6.07) is 12.1. The first-order chi connectivity index (χ1) is 12.6. The van der Waals surface area contributed by atoms with Crippen LogP contribution in [0.2, 0.25) is 0 Å². The molecule has 2 heterocycles. The standard InChI is InChI=1S/C19H17NO6/c1-11(21)26-18-17(12-3-8-15-16(9-12)25-10-24-15)20(19(18)22)13-4-6-14(23-2)7-5-13/h3-9,17-18H,10H2,1-2H3/t17-,18-/m0/s1. The Balaban J connectivity index is 1.70. The van der Waals surface area contributed by atoms with Gasteiger partial charge in [0.05, 0.1) is 7.11 Å². The zero-order valence-corrected chi connectivity index (χ0v) is 14.3. The number of β-lactam (4-membered cyclic amide) rings is 1. The van der Waals surface area contributed by atoms with Crippen LogP contribution in [-0.4, -0.2) is 31.9 Å². The number of carbonyl (C=O) groups excluding carboxylic acids is 2. The molecular formula is C19H17NO6. The lowest BCUT2D eigenvalue weighted by Crippen LogP contribution is -2.60. The van der Waals surface area contributed by atoms with Gasteiger partial charge in [-0.3, -0.25) is 14.5 Å². The van der Waals surface area contributed by atoms with Crippen LogP contribution < -0.4 is 19.1 Å². The third kappa shape index (κ3) is 2.61. The molecule has 2 aliphatic rings. The summed E-state index contributed by atoms with van der Waals surface area (Å²) < 4.78 is 21.2. The first-order valence-electron chi connectivity index (χ1n) is 8.12. The summed E-state index contributed by atoms with van der Waals surface area (Å²) in [6.07, 6.45) is -0.866. The van der Waals surface area contributed by atoms with Crippen molar-refractivity contribution in [3.63, 3.8) is 0 Å². The van der Waals surface area contributed by atoms with Gasteiger partial charge in [0, 0.05) is 12.6 Å². The second-order valence-electron chi connectivity index (χ2n) is 5.99. The van der Waals surface area contributed by atoms with Crippen LogP contribution in [0.3, 0.4) is 0 Å². The Morgan fingerprint density at radius 1 is 1.12 bits per heavy atom. The van der Waals surface area contributed by atoms with Crippen molar-refractivity contribution in [1.29, 1.82) is 0 Å². The van der Waals surface area contributed by atoms with E-state index in [1.54, 1.807) is 42.3 Å². The number of esters is 1. The van der Waals surface area contributed by atoms with Gasteiger partial charge in [-0.2, -0.15) is 0 Å². The van der Waals surface area contributed by atoms with Crippen molar-refractivity contribution >= 4 is 17.6 Å². The highest BCUT2D eigenvalue weighted by Gasteiger charge is 2.51. The van der Waals surface area contributed by atoms with Gasteiger partial charge in [0.25, 0.3) is 5.91 Å². The van der Waals surface area contributed by atoms with Crippen LogP contribution in [0.5, 0.6) is 17.2 Å². The summed E-state index contributed by atoms with van der Waals surface area (Å²) in [5.74, 6) is 1.19. The Kier molecular flexibility index (Phi) is 3.91. The third-order valence-corrected chi connectivity index (χ3v) is 4.43. The van der Waals surface area contributed by atoms with E-state index in [-0.39, 0.29) is 12.7 Å². The molecule has 0 aliphatic carbocycles. The van der Waals surface area contributed by atoms with Crippen molar-refractivity contribution in [3.05, 3.63) is 48.0 Å². The van der Waals surface area contributed by atoms with E-state index >= 15 is 0 Å². The van der Waals surface area contributed by atoms with Crippen molar-refractivity contribution in [2.75, 3.05) is 18.8 Å². The number of carbonyl (C=O) groups is 2. The maximum Gasteiger partial charge on any atom is 0.303 e. The molecule has 0 bridgehead atoms. The summed E-state index contributed by atoms with van der Waals surface area (Å²) in [5.41, 5.74) is 1.50. The predicted octanol–water partition coefficient (Wildman–Crippen LogP) is 2.44. The van der Waals surface area contributed by atoms with E-state index < -0.39 is 18.1 Å². The SMILES string of the molecule is COc1ccc(N2C(=O)[C@@H](OC(C)=O)[C@@H]2c2ccc3c(c2)OCO3)cc1. The van der Waals surface area contributed by atoms with Crippen LogP contribution in [0.25, 0.3) is 0 Å². The van der Waals surface area contributed by atoms with Gasteiger partial charge in [-0.25, -0.2) is 0 Å². The zero-order valence-electron chi connectivity index (χ0n) is 14.3. The van der Waals surface area contributed by atoms with Gasteiger partial charge in [-0.1, -0.05) is 6.07 Å². The molecule has 1 fully saturated rings. The minimum atomic E-state index is -0.866. The molecule has 0 spiro atoms. The number of rotatable bonds is 4. The highest BCUT2D eigenvalue weighted by molar-refractivity contribution is 6.06. The fourth-order valence-electron chi connectivity index (χ4n) is 3.21. The Morgan fingerprint density at radius 2 is 1.85 bits per heavy atom. The average Bonchev–Trinajstić information content (AvgIpc) is 3.11. The molecule has 2 aliphatic heterocycles. The van der Waals surface area contributed by atoms with Crippen LogP contribution >= 0.6 is 0 Å². The molecule has 1 amide bonds. The lowest BCUT2D eigenvalue weighted by atomic mass is 9.89. The zero-order chi connectivity index (χ0) is 18.3. The van der Waals surface area contributed by atoms with Gasteiger partial charge in [0.2, 0.25) is 12.9 Å². The molecule has 26 heavy (non-hydrogen) atoms. The lowest BCUT2D eigenvalue weighted by molar-refractivity contribution is -0.160. The van der Waals surface area contributed by atoms with Gasteiger partial charge in [0.1, 0.15) is 11.8 Å². The molecule has 2 aromatic carbocycles. The molecule has 1 saturated heterocycles. The summed E-state index contributed by atoms with van der Waals surface area (Å²) in [4.78, 5) is 25.7. The summed E-state index contributed by atoms with van der Waals surface area (Å²) in [6.45, 7) is 1.46. The van der Waals surface area contributed by atoms with E-state index in [0.717, 1.165) is 5.56 Å². The Labute approximate surface area is 150 Å². The summed E-state index contributed by atoms with van der Waals surface area (Å²) >= 11 is 0. The monoisotopic (exact) mass is 355 g/mol. The van der Waals surface area contributed by atoms with Crippen molar-refractivity contribution in [2.24, 2.45) is 0 Å². The second-order valence-corrected chi connectivity index (χ2v) is 5.99. The fraction of sp³-hybridized carbons (Fsp3) is 0.263. The Bertz CT molecular complexity index is 863. The predicted molar refractivity (Wildman–Crippen MR) is 91.3 cm³/mol. The lowest BCUT2D eigenvalue weighted by Gasteiger charge is -2.46. The minimum absolute atomic E-state index is 0.165. The number of methoxy groups -OCH3 is 1. The van der Waals surface area contributed by atoms with Gasteiger partial charge in [-0.05, 0) is 42.0 Å². The van der Waals surface area contributed by atoms with E-state index in [4.69, 9.17) is 18.9 Å². The first-order valence-corrected chi connectivity index (χ1v) is 8.12. The number of fused-ring (bicyclic) bond motifs is 1. The van der Waals surface area contributed by atoms with Gasteiger partial charge < -0.3 is 18.9 Å². The van der Waals surface area contributed by atoms with Gasteiger partial charge in [0.15, 0.2) is 11.5 Å². The van der Waals surface area contributed by atoms with Crippen molar-refractivity contribution in [3.8, 4) is 17.2 Å². The van der Waals surface area contributed by atoms with Crippen LogP contribution in [-0.2, 0) is 14.3 Å². The molecule has 2 atom stereocenters. The highest BCUT2D eigenvalue weighted by atomic mass is 16.7. The number of nitrogens with zero attached hydrogens (tertiary/aromatic N) is 1. The minimum Gasteiger partial charge on any atom is -0.497 e. The molecule has 2 aromatic rings. The molecular weight excluding hydrogens is 338 g/mol. The van der Waals surface area contributed by atoms with E-state index in [1.165, 1.54) is 6.92 Å². The normalized spacial score (nSPS) is 20.5. The summed E-state index contributed by atoms with van der Waals surface area (Å²) in [5, 5.41) is 0. The smallest absolute Gasteiger partial charge is 0.303 e. The molecule has 134 valence electrons. The molecule has 0 radical (unpaired) electrons. The Morgan fingerprint density at radius 3 is 2.54 bits per heavy atom. The topological polar surface area (TPSA) is 74.3 Å². The average molecular weight is 355 g/mol. The van der Waals surface area contributed by atoms with Crippen molar-refractivity contribution in [2.45, 2.75) is 19.1 Å². The number of hydrogen-bond acceptors (Lipinski definition) is 6. The van der Waals surface area contributed by atoms with Gasteiger partial charge in [-0.15, -0.1) is 0 Å². The molecule has 0 saturated carbocycles. The molecule has 0 N–H and O–H groups in total. The quantitative estimate of drug-likeness (QED) is 0.619. The summed E-state index contributed by atoms with van der Waals surface area (Å²) in [7, 11) is 1.58. The molecule has 0 unspecified atom stereocenters. The van der Waals surface area contributed by atoms with Crippen LogP contribution in [0, 0.1) is 0 Å². The fourth-order valence-corrected chi connectivity index (χ4v) is 3.21. The van der Waals surface area contributed by atoms with E-state index in [1.807, 2.05) is 12.1 Å². The van der Waals surface area contributed by atoms with Crippen molar-refractivity contribution < 1.29 is 28.5 Å². The number of hydrogen-bond donors (Lipinski definition) is 0. The van der Waals surface area contributed by atoms with E-state index in [9.17, 15) is 9.59 Å².